The van der Waals surface area contributed by atoms with Crippen LogP contribution in [0.25, 0.3) is 0 Å². The summed E-state index contributed by atoms with van der Waals surface area (Å²) >= 11 is 0. The summed E-state index contributed by atoms with van der Waals surface area (Å²) in [4.78, 5) is 16.2. The molecule has 0 atom stereocenters. The quantitative estimate of drug-likeness (QED) is 0.627. The van der Waals surface area contributed by atoms with E-state index in [9.17, 15) is 4.79 Å². The molecular weight excluding hydrogens is 176 g/mol. The van der Waals surface area contributed by atoms with Gasteiger partial charge in [0.25, 0.3) is 0 Å². The van der Waals surface area contributed by atoms with Crippen LogP contribution in [0.1, 0.15) is 32.1 Å². The van der Waals surface area contributed by atoms with Gasteiger partial charge in [0.05, 0.1) is 0 Å². The van der Waals surface area contributed by atoms with E-state index < -0.39 is 0 Å². The first-order valence-electron chi connectivity index (χ1n) is 5.75. The Labute approximate surface area is 86.1 Å². The number of hydrogen-bond acceptors (Lipinski definition) is 2. The van der Waals surface area contributed by atoms with Crippen LogP contribution in [-0.4, -0.2) is 48.4 Å². The monoisotopic (exact) mass is 196 g/mol. The molecule has 2 aliphatic heterocycles. The molecule has 14 heavy (non-hydrogen) atoms. The highest BCUT2D eigenvalue weighted by atomic mass is 16.2. The van der Waals surface area contributed by atoms with E-state index in [1.807, 2.05) is 0 Å². The lowest BCUT2D eigenvalue weighted by Crippen LogP contribution is -2.48. The molecule has 0 N–H and O–H groups in total. The number of amides is 1. The van der Waals surface area contributed by atoms with Crippen LogP contribution in [0.4, 0.5) is 0 Å². The van der Waals surface area contributed by atoms with Gasteiger partial charge in [-0.25, -0.2) is 0 Å². The topological polar surface area (TPSA) is 23.6 Å². The van der Waals surface area contributed by atoms with Crippen molar-refractivity contribution in [1.82, 2.24) is 9.80 Å². The minimum Gasteiger partial charge on any atom is -0.340 e. The molecule has 80 valence electrons. The molecule has 1 amide bonds. The first kappa shape index (κ1) is 9.97. The molecule has 0 aromatic heterocycles. The van der Waals surface area contributed by atoms with Crippen molar-refractivity contribution in [3.63, 3.8) is 0 Å². The number of hydrogen-bond donors (Lipinski definition) is 0. The van der Waals surface area contributed by atoms with Crippen LogP contribution < -0.4 is 0 Å². The number of rotatable bonds is 1. The summed E-state index contributed by atoms with van der Waals surface area (Å²) in [6, 6.07) is 0.541. The van der Waals surface area contributed by atoms with Gasteiger partial charge < -0.3 is 9.80 Å². The SMILES string of the molecule is CN1CCC(N2CCCCC2=O)CC1. The molecule has 0 aromatic rings. The summed E-state index contributed by atoms with van der Waals surface area (Å²) in [6.07, 6.45) is 5.43. The van der Waals surface area contributed by atoms with Gasteiger partial charge in [0, 0.05) is 19.0 Å². The van der Waals surface area contributed by atoms with Gasteiger partial charge in [-0.2, -0.15) is 0 Å². The van der Waals surface area contributed by atoms with E-state index in [0.29, 0.717) is 11.9 Å². The number of nitrogens with zero attached hydrogens (tertiary/aromatic N) is 2. The Morgan fingerprint density at radius 2 is 1.86 bits per heavy atom. The van der Waals surface area contributed by atoms with Gasteiger partial charge in [-0.05, 0) is 45.8 Å². The number of piperidine rings is 2. The van der Waals surface area contributed by atoms with Gasteiger partial charge in [-0.3, -0.25) is 4.79 Å². The summed E-state index contributed by atoms with van der Waals surface area (Å²) in [5.74, 6) is 0.394. The standard InChI is InChI=1S/C11H20N2O/c1-12-8-5-10(6-9-12)13-7-3-2-4-11(13)14/h10H,2-9H2,1H3. The van der Waals surface area contributed by atoms with E-state index in [1.165, 1.54) is 19.3 Å². The van der Waals surface area contributed by atoms with Crippen molar-refractivity contribution >= 4 is 5.91 Å². The largest absolute Gasteiger partial charge is 0.340 e. The van der Waals surface area contributed by atoms with Crippen LogP contribution in [0.3, 0.4) is 0 Å². The van der Waals surface area contributed by atoms with E-state index in [0.717, 1.165) is 32.5 Å². The molecule has 3 heteroatoms. The third-order valence-electron chi connectivity index (χ3n) is 3.49. The van der Waals surface area contributed by atoms with Crippen LogP contribution in [-0.2, 0) is 4.79 Å². The summed E-state index contributed by atoms with van der Waals surface area (Å²) in [5, 5.41) is 0. The second-order valence-corrected chi connectivity index (χ2v) is 4.58. The van der Waals surface area contributed by atoms with E-state index in [4.69, 9.17) is 0 Å². The maximum Gasteiger partial charge on any atom is 0.222 e. The predicted octanol–water partition coefficient (Wildman–Crippen LogP) is 1.09. The molecular formula is C11H20N2O. The van der Waals surface area contributed by atoms with E-state index in [2.05, 4.69) is 16.8 Å². The lowest BCUT2D eigenvalue weighted by Gasteiger charge is -2.39. The van der Waals surface area contributed by atoms with Crippen LogP contribution in [0, 0.1) is 0 Å². The normalized spacial score (nSPS) is 26.9. The fourth-order valence-electron chi connectivity index (χ4n) is 2.52. The first-order chi connectivity index (χ1) is 6.77. The molecule has 2 heterocycles. The third kappa shape index (κ3) is 2.08. The van der Waals surface area contributed by atoms with Crippen molar-refractivity contribution < 1.29 is 4.79 Å². The van der Waals surface area contributed by atoms with E-state index in [1.54, 1.807) is 0 Å². The van der Waals surface area contributed by atoms with Crippen molar-refractivity contribution in [1.29, 1.82) is 0 Å². The van der Waals surface area contributed by atoms with Crippen LogP contribution in [0.2, 0.25) is 0 Å². The average molecular weight is 196 g/mol. The Bertz CT molecular complexity index is 209. The van der Waals surface area contributed by atoms with E-state index >= 15 is 0 Å². The summed E-state index contributed by atoms with van der Waals surface area (Å²) in [6.45, 7) is 3.30. The van der Waals surface area contributed by atoms with Crippen LogP contribution in [0.15, 0.2) is 0 Å². The maximum absolute atomic E-state index is 11.7. The lowest BCUT2D eigenvalue weighted by atomic mass is 10.00. The van der Waals surface area contributed by atoms with E-state index in [-0.39, 0.29) is 0 Å². The number of carbonyl (C=O) groups excluding carboxylic acids is 1. The molecule has 0 unspecified atom stereocenters. The van der Waals surface area contributed by atoms with Gasteiger partial charge >= 0.3 is 0 Å². The summed E-state index contributed by atoms with van der Waals surface area (Å²) in [7, 11) is 2.16. The highest BCUT2D eigenvalue weighted by Crippen LogP contribution is 2.20. The van der Waals surface area contributed by atoms with Gasteiger partial charge in [-0.1, -0.05) is 0 Å². The van der Waals surface area contributed by atoms with Crippen molar-refractivity contribution in [2.45, 2.75) is 38.1 Å². The predicted molar refractivity (Wildman–Crippen MR) is 56.1 cm³/mol. The average Bonchev–Trinajstić information content (AvgIpc) is 2.20. The molecule has 0 aliphatic carbocycles. The maximum atomic E-state index is 11.7. The molecule has 0 aromatic carbocycles. The molecule has 0 radical (unpaired) electrons. The molecule has 2 aliphatic rings. The lowest BCUT2D eigenvalue weighted by molar-refractivity contribution is -0.136. The molecule has 2 saturated heterocycles. The van der Waals surface area contributed by atoms with Gasteiger partial charge in [0.1, 0.15) is 0 Å². The zero-order chi connectivity index (χ0) is 9.97. The van der Waals surface area contributed by atoms with Crippen molar-refractivity contribution in [2.75, 3.05) is 26.7 Å². The Kier molecular flexibility index (Phi) is 3.06. The van der Waals surface area contributed by atoms with Crippen LogP contribution >= 0.6 is 0 Å². The zero-order valence-electron chi connectivity index (χ0n) is 9.04. The van der Waals surface area contributed by atoms with Crippen molar-refractivity contribution in [3.05, 3.63) is 0 Å². The minimum atomic E-state index is 0.394. The Balaban J connectivity index is 1.90. The third-order valence-corrected chi connectivity index (χ3v) is 3.49. The van der Waals surface area contributed by atoms with Gasteiger partial charge in [0.15, 0.2) is 0 Å². The minimum absolute atomic E-state index is 0.394. The molecule has 3 nitrogen and oxygen atoms in total. The smallest absolute Gasteiger partial charge is 0.222 e. The number of likely N-dealkylation sites (tertiary alicyclic amines) is 2. The fraction of sp³-hybridized carbons (Fsp3) is 0.909. The molecule has 2 fully saturated rings. The Morgan fingerprint density at radius 1 is 1.14 bits per heavy atom. The van der Waals surface area contributed by atoms with Crippen molar-refractivity contribution in [3.8, 4) is 0 Å². The second-order valence-electron chi connectivity index (χ2n) is 4.58. The van der Waals surface area contributed by atoms with Gasteiger partial charge in [0.2, 0.25) is 5.91 Å². The first-order valence-corrected chi connectivity index (χ1v) is 5.75. The fourth-order valence-corrected chi connectivity index (χ4v) is 2.52. The Morgan fingerprint density at radius 3 is 2.50 bits per heavy atom. The summed E-state index contributed by atoms with van der Waals surface area (Å²) < 4.78 is 0. The molecule has 0 spiro atoms. The molecule has 2 rings (SSSR count). The highest BCUT2D eigenvalue weighted by molar-refractivity contribution is 5.77. The molecule has 0 bridgehead atoms. The second kappa shape index (κ2) is 4.30. The molecule has 0 saturated carbocycles. The zero-order valence-corrected chi connectivity index (χ0v) is 9.04. The van der Waals surface area contributed by atoms with Crippen LogP contribution in [0.5, 0.6) is 0 Å². The summed E-state index contributed by atoms with van der Waals surface area (Å²) in [5.41, 5.74) is 0. The highest BCUT2D eigenvalue weighted by Gasteiger charge is 2.28. The van der Waals surface area contributed by atoms with Crippen molar-refractivity contribution in [2.24, 2.45) is 0 Å². The Hall–Kier alpha value is -0.570. The number of carbonyl (C=O) groups is 1. The van der Waals surface area contributed by atoms with Gasteiger partial charge in [-0.15, -0.1) is 0 Å².